The van der Waals surface area contributed by atoms with Crippen molar-refractivity contribution in [2.75, 3.05) is 25.0 Å². The second kappa shape index (κ2) is 10.9. The number of nitrogens with zero attached hydrogens (tertiary/aromatic N) is 3. The normalized spacial score (nSPS) is 11.4. The maximum Gasteiger partial charge on any atom is 0.306 e. The van der Waals surface area contributed by atoms with E-state index in [0.29, 0.717) is 50.4 Å². The first-order valence-electron chi connectivity index (χ1n) is 11.1. The van der Waals surface area contributed by atoms with Crippen LogP contribution in [0.3, 0.4) is 0 Å². The zero-order valence-electron chi connectivity index (χ0n) is 19.4. The molecule has 9 heteroatoms. The van der Waals surface area contributed by atoms with Gasteiger partial charge in [-0.05, 0) is 44.4 Å². The fourth-order valence-electron chi connectivity index (χ4n) is 3.31. The van der Waals surface area contributed by atoms with Gasteiger partial charge in [-0.15, -0.1) is 0 Å². The molecule has 3 aromatic rings. The maximum atomic E-state index is 12.1. The lowest BCUT2D eigenvalue weighted by molar-refractivity contribution is -0.154. The molecule has 2 heterocycles. The molecule has 176 valence electrons. The zero-order chi connectivity index (χ0) is 23.8. The van der Waals surface area contributed by atoms with Crippen molar-refractivity contribution in [1.82, 2.24) is 19.9 Å². The van der Waals surface area contributed by atoms with Gasteiger partial charge in [0, 0.05) is 44.2 Å². The molecule has 0 saturated carbocycles. The van der Waals surface area contributed by atoms with Gasteiger partial charge in [0.1, 0.15) is 11.4 Å². The molecule has 4 N–H and O–H groups in total. The van der Waals surface area contributed by atoms with E-state index >= 15 is 0 Å². The summed E-state index contributed by atoms with van der Waals surface area (Å²) in [5, 5.41) is 10.3. The van der Waals surface area contributed by atoms with E-state index < -0.39 is 5.60 Å². The zero-order valence-corrected chi connectivity index (χ0v) is 19.4. The Balaban J connectivity index is 1.68. The molecule has 9 nitrogen and oxygen atoms in total. The fourth-order valence-corrected chi connectivity index (χ4v) is 3.31. The number of aryl methyl sites for hydroxylation is 1. The molecule has 0 saturated heterocycles. The van der Waals surface area contributed by atoms with Crippen LogP contribution in [0.4, 0.5) is 5.82 Å². The number of carbonyl (C=O) groups excluding carboxylic acids is 2. The highest BCUT2D eigenvalue weighted by atomic mass is 16.6. The largest absolute Gasteiger partial charge is 0.460 e. The van der Waals surface area contributed by atoms with Gasteiger partial charge in [-0.3, -0.25) is 9.59 Å². The number of hydrogen-bond donors (Lipinski definition) is 3. The second-order valence-corrected chi connectivity index (χ2v) is 8.74. The van der Waals surface area contributed by atoms with Crippen LogP contribution in [0.1, 0.15) is 39.2 Å². The van der Waals surface area contributed by atoms with Crippen LogP contribution in [0.25, 0.3) is 16.8 Å². The molecule has 1 aromatic carbocycles. The van der Waals surface area contributed by atoms with Gasteiger partial charge in [-0.2, -0.15) is 5.10 Å². The molecule has 0 aliphatic heterocycles. The third-order valence-corrected chi connectivity index (χ3v) is 4.77. The van der Waals surface area contributed by atoms with Crippen LogP contribution in [-0.4, -0.2) is 51.7 Å². The molecule has 0 aliphatic rings. The van der Waals surface area contributed by atoms with Crippen LogP contribution in [0, 0.1) is 0 Å². The Hall–Kier alpha value is -3.46. The minimum absolute atomic E-state index is 0.0535. The number of anilines is 1. The fraction of sp³-hybridized carbons (Fsp3) is 0.417. The summed E-state index contributed by atoms with van der Waals surface area (Å²) in [4.78, 5) is 28.5. The van der Waals surface area contributed by atoms with Crippen LogP contribution in [-0.2, 0) is 20.7 Å². The Labute approximate surface area is 193 Å². The molecule has 0 radical (unpaired) electrons. The lowest BCUT2D eigenvalue weighted by Gasteiger charge is -2.19. The van der Waals surface area contributed by atoms with E-state index in [1.165, 1.54) is 0 Å². The quantitative estimate of drug-likeness (QED) is 0.404. The van der Waals surface area contributed by atoms with Crippen molar-refractivity contribution in [2.45, 2.75) is 45.6 Å². The van der Waals surface area contributed by atoms with E-state index in [4.69, 9.17) is 10.5 Å². The number of carbonyl (C=O) groups is 2. The van der Waals surface area contributed by atoms with Crippen molar-refractivity contribution in [1.29, 1.82) is 0 Å². The maximum absolute atomic E-state index is 12.1. The predicted octanol–water partition coefficient (Wildman–Crippen LogP) is 2.55. The molecule has 0 aliphatic carbocycles. The van der Waals surface area contributed by atoms with Crippen LogP contribution in [0.5, 0.6) is 0 Å². The summed E-state index contributed by atoms with van der Waals surface area (Å²) in [7, 11) is 0. The van der Waals surface area contributed by atoms with Gasteiger partial charge < -0.3 is 21.1 Å². The predicted molar refractivity (Wildman–Crippen MR) is 128 cm³/mol. The summed E-state index contributed by atoms with van der Waals surface area (Å²) in [6, 6.07) is 9.82. The van der Waals surface area contributed by atoms with E-state index in [9.17, 15) is 9.59 Å². The average molecular weight is 453 g/mol. The number of nitrogens with two attached hydrogens (primary N) is 1. The molecule has 0 atom stereocenters. The van der Waals surface area contributed by atoms with E-state index in [1.807, 2.05) is 57.3 Å². The number of ether oxygens (including phenoxy) is 1. The Bertz CT molecular complexity index is 1100. The molecule has 1 amide bonds. The van der Waals surface area contributed by atoms with Gasteiger partial charge in [0.2, 0.25) is 5.91 Å². The van der Waals surface area contributed by atoms with Gasteiger partial charge in [-0.1, -0.05) is 24.3 Å². The molecule has 2 aromatic heterocycles. The van der Waals surface area contributed by atoms with E-state index in [2.05, 4.69) is 20.7 Å². The van der Waals surface area contributed by atoms with E-state index in [0.717, 1.165) is 16.7 Å². The first-order valence-corrected chi connectivity index (χ1v) is 11.1. The Morgan fingerprint density at radius 2 is 1.97 bits per heavy atom. The molecular formula is C24H32N6O3. The van der Waals surface area contributed by atoms with Crippen LogP contribution < -0.4 is 16.4 Å². The average Bonchev–Trinajstić information content (AvgIpc) is 3.19. The second-order valence-electron chi connectivity index (χ2n) is 8.74. The lowest BCUT2D eigenvalue weighted by Crippen LogP contribution is -2.30. The van der Waals surface area contributed by atoms with Crippen LogP contribution in [0.15, 0.2) is 42.7 Å². The van der Waals surface area contributed by atoms with Crippen LogP contribution >= 0.6 is 0 Å². The molecule has 0 fully saturated rings. The molecule has 33 heavy (non-hydrogen) atoms. The molecule has 0 unspecified atom stereocenters. The first kappa shape index (κ1) is 24.2. The highest BCUT2D eigenvalue weighted by Gasteiger charge is 2.16. The summed E-state index contributed by atoms with van der Waals surface area (Å²) < 4.78 is 7.11. The smallest absolute Gasteiger partial charge is 0.306 e. The highest BCUT2D eigenvalue weighted by Crippen LogP contribution is 2.25. The molecule has 0 spiro atoms. The number of hydrogen-bond acceptors (Lipinski definition) is 7. The SMILES string of the molecule is CC(C)(C)OC(=O)CCc1cccc(-c2cnn3ccc(NCCC(=O)NCCN)nc23)c1. The summed E-state index contributed by atoms with van der Waals surface area (Å²) in [6.45, 7) is 6.95. The summed E-state index contributed by atoms with van der Waals surface area (Å²) in [5.41, 5.74) is 8.51. The number of rotatable bonds is 10. The van der Waals surface area contributed by atoms with Crippen molar-refractivity contribution in [3.63, 3.8) is 0 Å². The number of amides is 1. The van der Waals surface area contributed by atoms with Crippen molar-refractivity contribution in [3.05, 3.63) is 48.3 Å². The third kappa shape index (κ3) is 7.28. The first-order chi connectivity index (χ1) is 15.7. The topological polar surface area (TPSA) is 124 Å². The number of nitrogens with one attached hydrogen (secondary N) is 2. The summed E-state index contributed by atoms with van der Waals surface area (Å²) >= 11 is 0. The van der Waals surface area contributed by atoms with Gasteiger partial charge in [-0.25, -0.2) is 9.50 Å². The molecule has 3 rings (SSSR count). The van der Waals surface area contributed by atoms with Gasteiger partial charge >= 0.3 is 5.97 Å². The number of fused-ring (bicyclic) bond motifs is 1. The van der Waals surface area contributed by atoms with Crippen molar-refractivity contribution in [2.24, 2.45) is 5.73 Å². The summed E-state index contributed by atoms with van der Waals surface area (Å²) in [5.74, 6) is 0.400. The van der Waals surface area contributed by atoms with Gasteiger partial charge in [0.05, 0.1) is 6.20 Å². The Kier molecular flexibility index (Phi) is 8.00. The summed E-state index contributed by atoms with van der Waals surface area (Å²) in [6.07, 6.45) is 4.85. The minimum Gasteiger partial charge on any atom is -0.460 e. The lowest BCUT2D eigenvalue weighted by atomic mass is 10.0. The van der Waals surface area contributed by atoms with Gasteiger partial charge in [0.25, 0.3) is 0 Å². The van der Waals surface area contributed by atoms with Gasteiger partial charge in [0.15, 0.2) is 5.65 Å². The number of aromatic nitrogens is 3. The standard InChI is InChI=1S/C24H32N6O3/c1-24(2,3)33-22(32)8-7-17-5-4-6-18(15-17)19-16-28-30-14-10-20(29-23(19)30)26-12-9-21(31)27-13-11-25/h4-6,10,14-16H,7-9,11-13,25H2,1-3H3,(H,26,29)(H,27,31). The number of benzene rings is 1. The monoisotopic (exact) mass is 452 g/mol. The Morgan fingerprint density at radius 3 is 2.73 bits per heavy atom. The van der Waals surface area contributed by atoms with Crippen molar-refractivity contribution in [3.8, 4) is 11.1 Å². The van der Waals surface area contributed by atoms with E-state index in [-0.39, 0.29) is 11.9 Å². The van der Waals surface area contributed by atoms with Crippen molar-refractivity contribution < 1.29 is 14.3 Å². The third-order valence-electron chi connectivity index (χ3n) is 4.77. The van der Waals surface area contributed by atoms with Crippen molar-refractivity contribution >= 4 is 23.3 Å². The molecule has 0 bridgehead atoms. The van der Waals surface area contributed by atoms with Crippen LogP contribution in [0.2, 0.25) is 0 Å². The van der Waals surface area contributed by atoms with E-state index in [1.54, 1.807) is 10.7 Å². The highest BCUT2D eigenvalue weighted by molar-refractivity contribution is 5.78. The Morgan fingerprint density at radius 1 is 1.15 bits per heavy atom. The minimum atomic E-state index is -0.484. The molecular weight excluding hydrogens is 420 g/mol. The number of esters is 1.